The molecule has 1 N–H and O–H groups in total. The van der Waals surface area contributed by atoms with Crippen molar-refractivity contribution in [3.05, 3.63) is 59.1 Å². The van der Waals surface area contributed by atoms with Crippen molar-refractivity contribution in [3.63, 3.8) is 0 Å². The summed E-state index contributed by atoms with van der Waals surface area (Å²) < 4.78 is 5.78. The van der Waals surface area contributed by atoms with Gasteiger partial charge in [-0.1, -0.05) is 23.7 Å². The van der Waals surface area contributed by atoms with Crippen LogP contribution < -0.4 is 10.1 Å². The highest BCUT2D eigenvalue weighted by Gasteiger charge is 2.40. The van der Waals surface area contributed by atoms with Crippen LogP contribution in [0.1, 0.15) is 30.1 Å². The van der Waals surface area contributed by atoms with Crippen LogP contribution in [0, 0.1) is 5.92 Å². The molecule has 3 heterocycles. The van der Waals surface area contributed by atoms with Crippen molar-refractivity contribution in [3.8, 4) is 11.5 Å². The van der Waals surface area contributed by atoms with Gasteiger partial charge in [0, 0.05) is 17.6 Å². The van der Waals surface area contributed by atoms with Gasteiger partial charge in [0.05, 0.1) is 5.02 Å². The fraction of sp³-hybridized carbons (Fsp3) is 0.381. The van der Waals surface area contributed by atoms with E-state index in [-0.39, 0.29) is 11.9 Å². The molecule has 26 heavy (non-hydrogen) atoms. The Labute approximate surface area is 159 Å². The summed E-state index contributed by atoms with van der Waals surface area (Å²) in [4.78, 5) is 15.1. The third-order valence-corrected chi connectivity index (χ3v) is 5.97. The monoisotopic (exact) mass is 370 g/mol. The summed E-state index contributed by atoms with van der Waals surface area (Å²) in [7, 11) is 0. The van der Waals surface area contributed by atoms with E-state index in [0.717, 1.165) is 13.1 Å². The molecule has 3 saturated heterocycles. The van der Waals surface area contributed by atoms with Crippen molar-refractivity contribution in [1.29, 1.82) is 0 Å². The molecule has 4 nitrogen and oxygen atoms in total. The first-order chi connectivity index (χ1) is 12.6. The number of rotatable bonds is 4. The maximum atomic E-state index is 12.7. The number of piperidine rings is 3. The first-order valence-electron chi connectivity index (χ1n) is 9.19. The first-order valence-corrected chi connectivity index (χ1v) is 9.57. The first kappa shape index (κ1) is 17.4. The van der Waals surface area contributed by atoms with Gasteiger partial charge in [-0.15, -0.1) is 0 Å². The Hall–Kier alpha value is -2.04. The summed E-state index contributed by atoms with van der Waals surface area (Å²) >= 11 is 6.12. The smallest absolute Gasteiger partial charge is 0.251 e. The summed E-state index contributed by atoms with van der Waals surface area (Å²) in [5.74, 6) is 1.85. The lowest BCUT2D eigenvalue weighted by molar-refractivity contribution is 0.0217. The number of hydrogen-bond donors (Lipinski definition) is 1. The number of para-hydroxylation sites is 1. The molecule has 136 valence electrons. The molecule has 3 fully saturated rings. The number of carbonyl (C=O) groups is 1. The molecular formula is C21H23ClN2O2. The summed E-state index contributed by atoms with van der Waals surface area (Å²) in [5.41, 5.74) is 0.653. The maximum absolute atomic E-state index is 12.7. The van der Waals surface area contributed by atoms with Crippen LogP contribution in [0.4, 0.5) is 0 Å². The summed E-state index contributed by atoms with van der Waals surface area (Å²) in [6.45, 7) is 4.54. The molecular weight excluding hydrogens is 348 g/mol. The quantitative estimate of drug-likeness (QED) is 0.870. The topological polar surface area (TPSA) is 41.6 Å². The number of carbonyl (C=O) groups excluding carboxylic acids is 1. The van der Waals surface area contributed by atoms with E-state index < -0.39 is 0 Å². The Morgan fingerprint density at radius 1 is 1.12 bits per heavy atom. The van der Waals surface area contributed by atoms with E-state index in [1.165, 1.54) is 12.8 Å². The van der Waals surface area contributed by atoms with Crippen molar-refractivity contribution in [1.82, 2.24) is 10.2 Å². The lowest BCUT2D eigenvalue weighted by atomic mass is 9.79. The number of halogens is 1. The van der Waals surface area contributed by atoms with Gasteiger partial charge in [0.15, 0.2) is 0 Å². The molecule has 3 aliphatic heterocycles. The lowest BCUT2D eigenvalue weighted by Crippen LogP contribution is -2.62. The highest BCUT2D eigenvalue weighted by molar-refractivity contribution is 6.32. The van der Waals surface area contributed by atoms with Gasteiger partial charge in [-0.2, -0.15) is 0 Å². The Morgan fingerprint density at radius 2 is 1.81 bits per heavy atom. The highest BCUT2D eigenvalue weighted by Crippen LogP contribution is 2.32. The third-order valence-electron chi connectivity index (χ3n) is 5.66. The molecule has 2 atom stereocenters. The minimum Gasteiger partial charge on any atom is -0.456 e. The van der Waals surface area contributed by atoms with E-state index in [1.807, 2.05) is 18.2 Å². The second-order valence-corrected chi connectivity index (χ2v) is 7.58. The third kappa shape index (κ3) is 3.44. The van der Waals surface area contributed by atoms with Crippen LogP contribution in [0.25, 0.3) is 0 Å². The molecule has 5 heteroatoms. The van der Waals surface area contributed by atoms with E-state index in [2.05, 4.69) is 17.1 Å². The Balaban J connectivity index is 1.42. The zero-order chi connectivity index (χ0) is 18.1. The molecule has 0 radical (unpaired) electrons. The molecule has 1 amide bonds. The highest BCUT2D eigenvalue weighted by atomic mass is 35.5. The number of fused-ring (bicyclic) bond motifs is 3. The predicted octanol–water partition coefficient (Wildman–Crippen LogP) is 4.34. The van der Waals surface area contributed by atoms with E-state index in [4.69, 9.17) is 16.3 Å². The Kier molecular flexibility index (Phi) is 4.88. The number of hydrogen-bond acceptors (Lipinski definition) is 3. The predicted molar refractivity (Wildman–Crippen MR) is 103 cm³/mol. The molecule has 2 unspecified atom stereocenters. The second kappa shape index (κ2) is 7.29. The summed E-state index contributed by atoms with van der Waals surface area (Å²) in [6, 6.07) is 15.2. The second-order valence-electron chi connectivity index (χ2n) is 7.17. The Morgan fingerprint density at radius 3 is 2.46 bits per heavy atom. The van der Waals surface area contributed by atoms with E-state index in [1.54, 1.807) is 30.3 Å². The van der Waals surface area contributed by atoms with Crippen LogP contribution in [-0.4, -0.2) is 36.0 Å². The minimum absolute atomic E-state index is 0.0140. The van der Waals surface area contributed by atoms with Gasteiger partial charge < -0.3 is 10.1 Å². The van der Waals surface area contributed by atoms with Crippen molar-refractivity contribution < 1.29 is 9.53 Å². The van der Waals surface area contributed by atoms with Crippen LogP contribution in [0.2, 0.25) is 5.02 Å². The molecule has 0 saturated carbocycles. The fourth-order valence-electron chi connectivity index (χ4n) is 4.11. The number of nitrogens with zero attached hydrogens (tertiary/aromatic N) is 1. The van der Waals surface area contributed by atoms with Crippen LogP contribution in [0.5, 0.6) is 11.5 Å². The minimum atomic E-state index is -0.0140. The largest absolute Gasteiger partial charge is 0.456 e. The molecule has 2 aromatic carbocycles. The zero-order valence-electron chi connectivity index (χ0n) is 14.8. The van der Waals surface area contributed by atoms with Crippen molar-refractivity contribution in [2.75, 3.05) is 13.1 Å². The van der Waals surface area contributed by atoms with E-state index in [0.29, 0.717) is 34.0 Å². The van der Waals surface area contributed by atoms with Gasteiger partial charge in [0.25, 0.3) is 5.91 Å². The van der Waals surface area contributed by atoms with Gasteiger partial charge in [-0.25, -0.2) is 0 Å². The maximum Gasteiger partial charge on any atom is 0.251 e. The molecule has 5 rings (SSSR count). The Bertz CT molecular complexity index is 783. The van der Waals surface area contributed by atoms with Crippen molar-refractivity contribution in [2.24, 2.45) is 5.92 Å². The van der Waals surface area contributed by atoms with Gasteiger partial charge in [0.2, 0.25) is 0 Å². The SMILES string of the molecule is CC1C(NC(=O)c2ccc(Oc3ccccc3Cl)cc2)C2CCN1CC2. The van der Waals surface area contributed by atoms with Gasteiger partial charge >= 0.3 is 0 Å². The lowest BCUT2D eigenvalue weighted by Gasteiger charge is -2.49. The normalized spacial score (nSPS) is 27.2. The van der Waals surface area contributed by atoms with Gasteiger partial charge in [0.1, 0.15) is 11.5 Å². The molecule has 3 aliphatic rings. The van der Waals surface area contributed by atoms with Crippen molar-refractivity contribution >= 4 is 17.5 Å². The zero-order valence-corrected chi connectivity index (χ0v) is 15.6. The number of benzene rings is 2. The van der Waals surface area contributed by atoms with Crippen LogP contribution in [0.3, 0.4) is 0 Å². The standard InChI is InChI=1S/C21H23ClN2O2/c1-14-20(15-10-12-24(14)13-11-15)23-21(25)16-6-8-17(9-7-16)26-19-5-3-2-4-18(19)22/h2-9,14-15,20H,10-13H2,1H3,(H,23,25). The average molecular weight is 371 g/mol. The molecule has 2 aromatic rings. The number of ether oxygens (including phenoxy) is 1. The van der Waals surface area contributed by atoms with Crippen LogP contribution in [-0.2, 0) is 0 Å². The van der Waals surface area contributed by atoms with Gasteiger partial charge in [-0.3, -0.25) is 9.69 Å². The fourth-order valence-corrected chi connectivity index (χ4v) is 4.28. The molecule has 0 aliphatic carbocycles. The van der Waals surface area contributed by atoms with Crippen LogP contribution >= 0.6 is 11.6 Å². The summed E-state index contributed by atoms with van der Waals surface area (Å²) in [5, 5.41) is 3.81. The van der Waals surface area contributed by atoms with Crippen LogP contribution in [0.15, 0.2) is 48.5 Å². The van der Waals surface area contributed by atoms with Crippen molar-refractivity contribution in [2.45, 2.75) is 31.8 Å². The number of amides is 1. The van der Waals surface area contributed by atoms with E-state index >= 15 is 0 Å². The molecule has 0 aromatic heterocycles. The van der Waals surface area contributed by atoms with Gasteiger partial charge in [-0.05, 0) is 75.2 Å². The number of nitrogens with one attached hydrogen (secondary N) is 1. The molecule has 2 bridgehead atoms. The molecule has 0 spiro atoms. The van der Waals surface area contributed by atoms with E-state index in [9.17, 15) is 4.79 Å². The average Bonchev–Trinajstić information content (AvgIpc) is 2.67. The summed E-state index contributed by atoms with van der Waals surface area (Å²) in [6.07, 6.45) is 2.36.